The number of carbonyl (C=O) groups excluding carboxylic acids is 1. The number of hydrogen-bond donors (Lipinski definition) is 1. The van der Waals surface area contributed by atoms with Crippen molar-refractivity contribution in [3.63, 3.8) is 0 Å². The molecule has 0 bridgehead atoms. The van der Waals surface area contributed by atoms with Crippen LogP contribution in [0.3, 0.4) is 0 Å². The lowest BCUT2D eigenvalue weighted by atomic mass is 10.1. The van der Waals surface area contributed by atoms with Crippen LogP contribution in [0.2, 0.25) is 0 Å². The first kappa shape index (κ1) is 15.9. The largest absolute Gasteiger partial charge is 0.593 e. The summed E-state index contributed by atoms with van der Waals surface area (Å²) < 4.78 is 20.8. The Balaban J connectivity index is 1.83. The highest BCUT2D eigenvalue weighted by Crippen LogP contribution is 2.25. The highest BCUT2D eigenvalue weighted by atomic mass is 32.2. The molecular weight excluding hydrogens is 334 g/mol. The van der Waals surface area contributed by atoms with Crippen molar-refractivity contribution in [2.45, 2.75) is 6.92 Å². The van der Waals surface area contributed by atoms with E-state index in [2.05, 4.69) is 9.71 Å². The van der Waals surface area contributed by atoms with E-state index in [1.807, 2.05) is 34.9 Å². The van der Waals surface area contributed by atoms with E-state index in [9.17, 15) is 9.35 Å². The van der Waals surface area contributed by atoms with Crippen molar-refractivity contribution in [2.75, 3.05) is 17.6 Å². The molecule has 1 aromatic carbocycles. The quantitative estimate of drug-likeness (QED) is 0.566. The second-order valence-corrected chi connectivity index (χ2v) is 6.89. The topological polar surface area (TPSA) is 78.7 Å². The summed E-state index contributed by atoms with van der Waals surface area (Å²) >= 11 is 0.203. The smallest absolute Gasteiger partial charge is 0.349 e. The summed E-state index contributed by atoms with van der Waals surface area (Å²) in [5, 5.41) is 0. The number of aromatic nitrogens is 2. The van der Waals surface area contributed by atoms with Gasteiger partial charge in [0, 0.05) is 18.0 Å². The van der Waals surface area contributed by atoms with Crippen LogP contribution < -0.4 is 4.72 Å². The molecule has 1 unspecified atom stereocenters. The zero-order chi connectivity index (χ0) is 16.4. The molecule has 0 saturated heterocycles. The Morgan fingerprint density at radius 2 is 2.13 bits per heavy atom. The van der Waals surface area contributed by atoms with Crippen LogP contribution in [0.1, 0.15) is 16.6 Å². The first-order valence-corrected chi connectivity index (χ1v) is 9.30. The predicted octanol–water partition coefficient (Wildman–Crippen LogP) is 2.94. The normalized spacial score (nSPS) is 12.3. The number of esters is 1. The minimum Gasteiger partial charge on any atom is -0.593 e. The lowest BCUT2D eigenvalue weighted by Gasteiger charge is -2.07. The molecule has 3 rings (SSSR count). The lowest BCUT2D eigenvalue weighted by Crippen LogP contribution is -2.09. The molecule has 8 heteroatoms. The molecule has 120 valence electrons. The van der Waals surface area contributed by atoms with Crippen LogP contribution in [0.5, 0.6) is 0 Å². The van der Waals surface area contributed by atoms with Crippen molar-refractivity contribution >= 4 is 39.3 Å². The Morgan fingerprint density at radius 3 is 2.74 bits per heavy atom. The first-order valence-electron chi connectivity index (χ1n) is 6.93. The molecule has 2 heterocycles. The number of anilines is 1. The number of nitrogens with zero attached hydrogens (tertiary/aromatic N) is 2. The molecule has 0 aliphatic carbocycles. The van der Waals surface area contributed by atoms with E-state index in [1.54, 1.807) is 19.4 Å². The van der Waals surface area contributed by atoms with E-state index in [4.69, 9.17) is 4.74 Å². The molecule has 0 saturated carbocycles. The van der Waals surface area contributed by atoms with Gasteiger partial charge in [0.25, 0.3) is 0 Å². The van der Waals surface area contributed by atoms with Gasteiger partial charge in [-0.25, -0.2) is 14.5 Å². The number of thiazole rings is 1. The fourth-order valence-electron chi connectivity index (χ4n) is 2.11. The maximum atomic E-state index is 11.7. The van der Waals surface area contributed by atoms with Crippen molar-refractivity contribution < 1.29 is 14.1 Å². The number of ether oxygens (including phenoxy) is 1. The molecule has 1 N–H and O–H groups in total. The first-order chi connectivity index (χ1) is 11.1. The van der Waals surface area contributed by atoms with Gasteiger partial charge in [-0.1, -0.05) is 23.5 Å². The summed E-state index contributed by atoms with van der Waals surface area (Å²) in [6.07, 6.45) is 5.18. The molecule has 0 fully saturated rings. The molecule has 0 radical (unpaired) electrons. The number of rotatable bonds is 5. The van der Waals surface area contributed by atoms with Crippen LogP contribution in [0.15, 0.2) is 36.7 Å². The lowest BCUT2D eigenvalue weighted by molar-refractivity contribution is 0.0531. The van der Waals surface area contributed by atoms with Gasteiger partial charge in [0.1, 0.15) is 11.1 Å². The van der Waals surface area contributed by atoms with Gasteiger partial charge in [-0.3, -0.25) is 4.40 Å². The van der Waals surface area contributed by atoms with Crippen molar-refractivity contribution in [3.05, 3.63) is 41.5 Å². The second-order valence-electron chi connectivity index (χ2n) is 4.77. The van der Waals surface area contributed by atoms with Gasteiger partial charge in [-0.2, -0.15) is 0 Å². The van der Waals surface area contributed by atoms with Gasteiger partial charge in [0.2, 0.25) is 0 Å². The van der Waals surface area contributed by atoms with Crippen LogP contribution >= 0.6 is 11.3 Å². The molecule has 0 spiro atoms. The summed E-state index contributed by atoms with van der Waals surface area (Å²) in [6.45, 7) is 2.13. The van der Waals surface area contributed by atoms with Gasteiger partial charge < -0.3 is 9.29 Å². The van der Waals surface area contributed by atoms with Gasteiger partial charge in [-0.15, -0.1) is 0 Å². The third-order valence-corrected chi connectivity index (χ3v) is 4.57. The van der Waals surface area contributed by atoms with Gasteiger partial charge in [0.05, 0.1) is 29.4 Å². The molecule has 0 aliphatic heterocycles. The number of nitrogens with one attached hydrogen (secondary N) is 1. The number of hydrogen-bond acceptors (Lipinski definition) is 6. The highest BCUT2D eigenvalue weighted by Gasteiger charge is 2.14. The van der Waals surface area contributed by atoms with E-state index in [0.29, 0.717) is 11.5 Å². The average Bonchev–Trinajstić information content (AvgIpc) is 3.06. The van der Waals surface area contributed by atoms with Crippen molar-refractivity contribution in [1.82, 2.24) is 9.38 Å². The molecule has 1 atom stereocenters. The second kappa shape index (κ2) is 6.61. The monoisotopic (exact) mass is 349 g/mol. The maximum Gasteiger partial charge on any atom is 0.349 e. The average molecular weight is 349 g/mol. The summed E-state index contributed by atoms with van der Waals surface area (Å²) in [7, 11) is 0. The minimum atomic E-state index is -1.09. The van der Waals surface area contributed by atoms with Gasteiger partial charge in [-0.05, 0) is 19.1 Å². The molecule has 23 heavy (non-hydrogen) atoms. The molecular formula is C15H15N3O3S2. The van der Waals surface area contributed by atoms with E-state index in [-0.39, 0.29) is 5.97 Å². The third-order valence-electron chi connectivity index (χ3n) is 3.07. The van der Waals surface area contributed by atoms with Crippen LogP contribution in [0.4, 0.5) is 5.69 Å². The fourth-order valence-corrected chi connectivity index (χ4v) is 3.43. The molecule has 3 aromatic rings. The standard InChI is InChI=1S/C15H15N3O3S2/c1-3-21-14(19)13-9-18-8-12(16-15(18)22-13)10-4-6-11(7-5-10)17-23(2)20/h4-9,17H,3H2,1-2H3. The Morgan fingerprint density at radius 1 is 1.39 bits per heavy atom. The van der Waals surface area contributed by atoms with Crippen molar-refractivity contribution in [2.24, 2.45) is 0 Å². The third kappa shape index (κ3) is 3.49. The fraction of sp³-hybridized carbons (Fsp3) is 0.200. The van der Waals surface area contributed by atoms with E-state index in [0.717, 1.165) is 21.9 Å². The van der Waals surface area contributed by atoms with Crippen LogP contribution in [-0.4, -0.2) is 32.8 Å². The van der Waals surface area contributed by atoms with Gasteiger partial charge >= 0.3 is 5.97 Å². The molecule has 2 aromatic heterocycles. The number of carbonyl (C=O) groups is 1. The van der Waals surface area contributed by atoms with Crippen LogP contribution in [-0.2, 0) is 16.1 Å². The van der Waals surface area contributed by atoms with Crippen LogP contribution in [0.25, 0.3) is 16.2 Å². The molecule has 0 amide bonds. The summed E-state index contributed by atoms with van der Waals surface area (Å²) in [4.78, 5) is 17.5. The highest BCUT2D eigenvalue weighted by molar-refractivity contribution is 7.92. The predicted molar refractivity (Wildman–Crippen MR) is 92.2 cm³/mol. The molecule has 0 aliphatic rings. The van der Waals surface area contributed by atoms with Crippen LogP contribution in [0, 0.1) is 0 Å². The Kier molecular flexibility index (Phi) is 4.56. The number of benzene rings is 1. The zero-order valence-corrected chi connectivity index (χ0v) is 14.2. The molecule has 6 nitrogen and oxygen atoms in total. The summed E-state index contributed by atoms with van der Waals surface area (Å²) in [5.74, 6) is -0.326. The Labute approximate surface area is 140 Å². The zero-order valence-electron chi connectivity index (χ0n) is 12.6. The Bertz CT molecular complexity index is 793. The summed E-state index contributed by atoms with van der Waals surface area (Å²) in [5.41, 5.74) is 2.56. The van der Waals surface area contributed by atoms with Gasteiger partial charge in [0.15, 0.2) is 4.96 Å². The van der Waals surface area contributed by atoms with Crippen molar-refractivity contribution in [1.29, 1.82) is 0 Å². The maximum absolute atomic E-state index is 11.7. The van der Waals surface area contributed by atoms with E-state index < -0.39 is 11.4 Å². The number of imidazole rings is 1. The van der Waals surface area contributed by atoms with E-state index >= 15 is 0 Å². The Hall–Kier alpha value is -2.03. The summed E-state index contributed by atoms with van der Waals surface area (Å²) in [6, 6.07) is 7.53. The van der Waals surface area contributed by atoms with Crippen molar-refractivity contribution in [3.8, 4) is 11.3 Å². The van der Waals surface area contributed by atoms with E-state index in [1.165, 1.54) is 11.3 Å². The number of fused-ring (bicyclic) bond motifs is 1. The SMILES string of the molecule is CCOC(=O)c1cn2cc(-c3ccc(N[S+](C)[O-])cc3)nc2s1. The minimum absolute atomic E-state index is 0.326.